The summed E-state index contributed by atoms with van der Waals surface area (Å²) in [6.45, 7) is 4.30. The highest BCUT2D eigenvalue weighted by atomic mass is 35.5. The third kappa shape index (κ3) is 3.44. The maximum absolute atomic E-state index is 12.6. The van der Waals surface area contributed by atoms with Crippen LogP contribution in [0.15, 0.2) is 6.07 Å². The first kappa shape index (κ1) is 16.3. The predicted octanol–water partition coefficient (Wildman–Crippen LogP) is 2.96. The minimum absolute atomic E-state index is 0.0614. The summed E-state index contributed by atoms with van der Waals surface area (Å²) in [5.41, 5.74) is 0.440. The molecule has 0 aliphatic carbocycles. The predicted molar refractivity (Wildman–Crippen MR) is 77.9 cm³/mol. The molecule has 19 heavy (non-hydrogen) atoms. The molecule has 0 saturated carbocycles. The van der Waals surface area contributed by atoms with Crippen molar-refractivity contribution in [1.82, 2.24) is 9.47 Å². The maximum Gasteiger partial charge on any atom is 0.270 e. The highest BCUT2D eigenvalue weighted by Gasteiger charge is 2.25. The highest BCUT2D eigenvalue weighted by Crippen LogP contribution is 2.26. The number of aromatic nitrogens is 1. The molecule has 108 valence electrons. The van der Waals surface area contributed by atoms with Gasteiger partial charge in [0.2, 0.25) is 0 Å². The fraction of sp³-hybridized carbons (Fsp3) is 0.615. The molecule has 0 unspecified atom stereocenters. The molecule has 1 amide bonds. The van der Waals surface area contributed by atoms with E-state index >= 15 is 0 Å². The molecule has 0 aliphatic rings. The van der Waals surface area contributed by atoms with Crippen LogP contribution in [0.25, 0.3) is 0 Å². The van der Waals surface area contributed by atoms with Crippen molar-refractivity contribution in [1.29, 1.82) is 0 Å². The molecule has 0 atom stereocenters. The van der Waals surface area contributed by atoms with E-state index < -0.39 is 0 Å². The summed E-state index contributed by atoms with van der Waals surface area (Å²) >= 11 is 11.9. The molecule has 4 nitrogen and oxygen atoms in total. The van der Waals surface area contributed by atoms with Gasteiger partial charge in [-0.15, -0.1) is 0 Å². The molecule has 1 aromatic rings. The fourth-order valence-corrected chi connectivity index (χ4v) is 2.56. The lowest BCUT2D eigenvalue weighted by Gasteiger charge is -2.30. The Balaban J connectivity index is 3.08. The van der Waals surface area contributed by atoms with Gasteiger partial charge in [0, 0.05) is 19.6 Å². The number of nitrogens with zero attached hydrogens (tertiary/aromatic N) is 2. The van der Waals surface area contributed by atoms with Crippen molar-refractivity contribution in [3.63, 3.8) is 0 Å². The summed E-state index contributed by atoms with van der Waals surface area (Å²) < 4.78 is 1.57. The van der Waals surface area contributed by atoms with Crippen molar-refractivity contribution in [2.45, 2.75) is 32.7 Å². The third-order valence-electron chi connectivity index (χ3n) is 3.32. The molecule has 1 heterocycles. The number of hydrogen-bond acceptors (Lipinski definition) is 2. The van der Waals surface area contributed by atoms with Gasteiger partial charge in [0.15, 0.2) is 0 Å². The second-order valence-corrected chi connectivity index (χ2v) is 5.19. The van der Waals surface area contributed by atoms with E-state index in [1.807, 2.05) is 13.8 Å². The average Bonchev–Trinajstić information content (AvgIpc) is 2.66. The van der Waals surface area contributed by atoms with Gasteiger partial charge in [-0.05, 0) is 18.9 Å². The number of aliphatic hydroxyl groups is 1. The zero-order valence-electron chi connectivity index (χ0n) is 11.5. The summed E-state index contributed by atoms with van der Waals surface area (Å²) in [5.74, 6) is -0.154. The standard InChI is InChI=1S/C13H20Cl2N2O2/c1-4-9(5-2)17(6-7-18)13(19)11-8-10(14)12(15)16(11)3/h8-9,18H,4-7H2,1-3H3. The summed E-state index contributed by atoms with van der Waals surface area (Å²) in [4.78, 5) is 14.2. The monoisotopic (exact) mass is 306 g/mol. The molecule has 0 bridgehead atoms. The molecular formula is C13H20Cl2N2O2. The first-order valence-corrected chi connectivity index (χ1v) is 7.15. The number of hydrogen-bond donors (Lipinski definition) is 1. The second kappa shape index (κ2) is 7.17. The Morgan fingerprint density at radius 2 is 2.00 bits per heavy atom. The molecule has 0 fully saturated rings. The van der Waals surface area contributed by atoms with Crippen molar-refractivity contribution < 1.29 is 9.90 Å². The van der Waals surface area contributed by atoms with Crippen molar-refractivity contribution in [3.05, 3.63) is 21.9 Å². The van der Waals surface area contributed by atoms with Crippen LogP contribution in [-0.4, -0.2) is 39.7 Å². The lowest BCUT2D eigenvalue weighted by molar-refractivity contribution is 0.0612. The van der Waals surface area contributed by atoms with Gasteiger partial charge in [0.25, 0.3) is 5.91 Å². The van der Waals surface area contributed by atoms with Gasteiger partial charge in [-0.1, -0.05) is 37.0 Å². The fourth-order valence-electron chi connectivity index (χ4n) is 2.18. The zero-order valence-corrected chi connectivity index (χ0v) is 13.0. The number of carbonyl (C=O) groups is 1. The molecule has 1 aromatic heterocycles. The van der Waals surface area contributed by atoms with E-state index in [4.69, 9.17) is 28.3 Å². The van der Waals surface area contributed by atoms with Gasteiger partial charge < -0.3 is 14.6 Å². The Morgan fingerprint density at radius 3 is 2.37 bits per heavy atom. The van der Waals surface area contributed by atoms with Crippen LogP contribution in [-0.2, 0) is 7.05 Å². The molecule has 0 saturated heterocycles. The molecule has 1 N–H and O–H groups in total. The molecule has 1 rings (SSSR count). The van der Waals surface area contributed by atoms with Crippen LogP contribution in [0.5, 0.6) is 0 Å². The molecule has 6 heteroatoms. The van der Waals surface area contributed by atoms with E-state index in [0.29, 0.717) is 22.4 Å². The number of aliphatic hydroxyl groups excluding tert-OH is 1. The van der Waals surface area contributed by atoms with E-state index in [9.17, 15) is 4.79 Å². The quantitative estimate of drug-likeness (QED) is 0.878. The topological polar surface area (TPSA) is 45.5 Å². The van der Waals surface area contributed by atoms with Gasteiger partial charge >= 0.3 is 0 Å². The Morgan fingerprint density at radius 1 is 1.42 bits per heavy atom. The van der Waals surface area contributed by atoms with Crippen LogP contribution >= 0.6 is 23.2 Å². The van der Waals surface area contributed by atoms with E-state index in [-0.39, 0.29) is 18.6 Å². The van der Waals surface area contributed by atoms with E-state index in [0.717, 1.165) is 12.8 Å². The minimum Gasteiger partial charge on any atom is -0.395 e. The van der Waals surface area contributed by atoms with Gasteiger partial charge in [0.1, 0.15) is 10.8 Å². The van der Waals surface area contributed by atoms with E-state index in [1.165, 1.54) is 0 Å². The Labute approximate surface area is 123 Å². The van der Waals surface area contributed by atoms with Crippen LogP contribution in [0.1, 0.15) is 37.2 Å². The van der Waals surface area contributed by atoms with Crippen molar-refractivity contribution in [2.75, 3.05) is 13.2 Å². The van der Waals surface area contributed by atoms with E-state index in [1.54, 1.807) is 22.6 Å². The lowest BCUT2D eigenvalue weighted by Crippen LogP contribution is -2.42. The number of amides is 1. The zero-order chi connectivity index (χ0) is 14.6. The maximum atomic E-state index is 12.6. The van der Waals surface area contributed by atoms with Crippen molar-refractivity contribution >= 4 is 29.1 Å². The molecule has 0 radical (unpaired) electrons. The molecule has 0 aromatic carbocycles. The van der Waals surface area contributed by atoms with Crippen LogP contribution < -0.4 is 0 Å². The normalized spacial score (nSPS) is 11.1. The summed E-state index contributed by atoms with van der Waals surface area (Å²) in [5, 5.41) is 9.86. The van der Waals surface area contributed by atoms with Crippen LogP contribution in [0.3, 0.4) is 0 Å². The van der Waals surface area contributed by atoms with Gasteiger partial charge in [-0.2, -0.15) is 0 Å². The summed E-state index contributed by atoms with van der Waals surface area (Å²) in [7, 11) is 1.70. The Hall–Kier alpha value is -0.710. The first-order chi connectivity index (χ1) is 8.97. The van der Waals surface area contributed by atoms with E-state index in [2.05, 4.69) is 0 Å². The smallest absolute Gasteiger partial charge is 0.270 e. The van der Waals surface area contributed by atoms with Crippen LogP contribution in [0.2, 0.25) is 10.2 Å². The second-order valence-electron chi connectivity index (χ2n) is 4.42. The van der Waals surface area contributed by atoms with Gasteiger partial charge in [-0.3, -0.25) is 4.79 Å². The van der Waals surface area contributed by atoms with Crippen LogP contribution in [0, 0.1) is 0 Å². The largest absolute Gasteiger partial charge is 0.395 e. The van der Waals surface area contributed by atoms with Crippen LogP contribution in [0.4, 0.5) is 0 Å². The summed E-state index contributed by atoms with van der Waals surface area (Å²) in [6.07, 6.45) is 1.68. The first-order valence-electron chi connectivity index (χ1n) is 6.40. The van der Waals surface area contributed by atoms with Crippen molar-refractivity contribution in [3.8, 4) is 0 Å². The lowest BCUT2D eigenvalue weighted by atomic mass is 10.1. The average molecular weight is 307 g/mol. The van der Waals surface area contributed by atoms with Crippen molar-refractivity contribution in [2.24, 2.45) is 7.05 Å². The van der Waals surface area contributed by atoms with Gasteiger partial charge in [-0.25, -0.2) is 0 Å². The third-order valence-corrected chi connectivity index (χ3v) is 4.16. The number of carbonyl (C=O) groups excluding carboxylic acids is 1. The SMILES string of the molecule is CCC(CC)N(CCO)C(=O)c1cc(Cl)c(Cl)n1C. The number of halogens is 2. The molecule has 0 spiro atoms. The Bertz CT molecular complexity index is 442. The Kier molecular flexibility index (Phi) is 6.17. The highest BCUT2D eigenvalue weighted by molar-refractivity contribution is 6.41. The summed E-state index contributed by atoms with van der Waals surface area (Å²) in [6, 6.07) is 1.67. The molecule has 0 aliphatic heterocycles. The molecular weight excluding hydrogens is 287 g/mol. The number of rotatable bonds is 6. The van der Waals surface area contributed by atoms with Gasteiger partial charge in [0.05, 0.1) is 11.6 Å². The minimum atomic E-state index is -0.154.